The molecule has 0 bridgehead atoms. The van der Waals surface area contributed by atoms with Crippen LogP contribution in [0.3, 0.4) is 0 Å². The van der Waals surface area contributed by atoms with Gasteiger partial charge in [0.1, 0.15) is 5.82 Å². The standard InChI is InChI=1S/C18H23FN2O/c19-17-10-4-3-8-15(17)12-21-11-5-9-16(13-21)20-18(22)14-6-1-2-7-14/h3-4,6,8,10,16H,1-2,5,7,9,11-13H2,(H,20,22)/t16-/m0/s1. The van der Waals surface area contributed by atoms with Crippen LogP contribution in [0.4, 0.5) is 4.39 Å². The molecule has 118 valence electrons. The Morgan fingerprint density at radius 2 is 2.18 bits per heavy atom. The molecule has 0 aromatic heterocycles. The van der Waals surface area contributed by atoms with Gasteiger partial charge in [-0.05, 0) is 44.7 Å². The molecule has 3 rings (SSSR count). The van der Waals surface area contributed by atoms with Crippen molar-refractivity contribution in [1.82, 2.24) is 10.2 Å². The van der Waals surface area contributed by atoms with Crippen LogP contribution in [0, 0.1) is 5.82 Å². The maximum atomic E-state index is 13.8. The number of hydrogen-bond acceptors (Lipinski definition) is 2. The minimum Gasteiger partial charge on any atom is -0.348 e. The zero-order valence-electron chi connectivity index (χ0n) is 12.9. The van der Waals surface area contributed by atoms with Crippen molar-refractivity contribution in [3.8, 4) is 0 Å². The summed E-state index contributed by atoms with van der Waals surface area (Å²) in [5.41, 5.74) is 1.67. The number of carbonyl (C=O) groups is 1. The van der Waals surface area contributed by atoms with Crippen LogP contribution >= 0.6 is 0 Å². The monoisotopic (exact) mass is 302 g/mol. The van der Waals surface area contributed by atoms with Gasteiger partial charge >= 0.3 is 0 Å². The Bertz CT molecular complexity index is 570. The van der Waals surface area contributed by atoms with Crippen LogP contribution in [0.25, 0.3) is 0 Å². The van der Waals surface area contributed by atoms with Crippen molar-refractivity contribution in [3.05, 3.63) is 47.3 Å². The summed E-state index contributed by atoms with van der Waals surface area (Å²) in [6.07, 6.45) is 7.11. The number of hydrogen-bond donors (Lipinski definition) is 1. The van der Waals surface area contributed by atoms with Gasteiger partial charge in [0.2, 0.25) is 5.91 Å². The van der Waals surface area contributed by atoms with Crippen molar-refractivity contribution in [2.75, 3.05) is 13.1 Å². The zero-order valence-corrected chi connectivity index (χ0v) is 12.9. The van der Waals surface area contributed by atoms with Gasteiger partial charge in [-0.25, -0.2) is 4.39 Å². The highest BCUT2D eigenvalue weighted by Crippen LogP contribution is 2.19. The number of allylic oxidation sites excluding steroid dienone is 1. The first kappa shape index (κ1) is 15.2. The summed E-state index contributed by atoms with van der Waals surface area (Å²) < 4.78 is 13.8. The van der Waals surface area contributed by atoms with E-state index < -0.39 is 0 Å². The molecule has 0 unspecified atom stereocenters. The van der Waals surface area contributed by atoms with Crippen LogP contribution in [0.15, 0.2) is 35.9 Å². The summed E-state index contributed by atoms with van der Waals surface area (Å²) in [5, 5.41) is 3.15. The Morgan fingerprint density at radius 3 is 2.95 bits per heavy atom. The summed E-state index contributed by atoms with van der Waals surface area (Å²) in [7, 11) is 0. The minimum absolute atomic E-state index is 0.0928. The van der Waals surface area contributed by atoms with Crippen molar-refractivity contribution in [3.63, 3.8) is 0 Å². The highest BCUT2D eigenvalue weighted by Gasteiger charge is 2.23. The van der Waals surface area contributed by atoms with Crippen LogP contribution < -0.4 is 5.32 Å². The van der Waals surface area contributed by atoms with Gasteiger partial charge in [-0.15, -0.1) is 0 Å². The van der Waals surface area contributed by atoms with Crippen molar-refractivity contribution < 1.29 is 9.18 Å². The quantitative estimate of drug-likeness (QED) is 0.927. The predicted molar refractivity (Wildman–Crippen MR) is 84.8 cm³/mol. The van der Waals surface area contributed by atoms with E-state index in [-0.39, 0.29) is 17.8 Å². The number of carbonyl (C=O) groups excluding carboxylic acids is 1. The smallest absolute Gasteiger partial charge is 0.247 e. The highest BCUT2D eigenvalue weighted by molar-refractivity contribution is 5.93. The molecule has 1 fully saturated rings. The van der Waals surface area contributed by atoms with Gasteiger partial charge in [0.05, 0.1) is 0 Å². The molecular formula is C18H23FN2O. The Hall–Kier alpha value is -1.68. The van der Waals surface area contributed by atoms with Crippen molar-refractivity contribution in [2.45, 2.75) is 44.7 Å². The van der Waals surface area contributed by atoms with E-state index >= 15 is 0 Å². The summed E-state index contributed by atoms with van der Waals surface area (Å²) >= 11 is 0. The number of likely N-dealkylation sites (tertiary alicyclic amines) is 1. The molecular weight excluding hydrogens is 279 g/mol. The largest absolute Gasteiger partial charge is 0.348 e. The Balaban J connectivity index is 1.55. The third-order valence-corrected chi connectivity index (χ3v) is 4.53. The Kier molecular flexibility index (Phi) is 4.88. The SMILES string of the molecule is O=C(N[C@H]1CCCN(Cc2ccccc2F)C1)C1=CCCC1. The molecule has 3 nitrogen and oxygen atoms in total. The van der Waals surface area contributed by atoms with Crippen LogP contribution in [-0.4, -0.2) is 29.9 Å². The lowest BCUT2D eigenvalue weighted by Crippen LogP contribution is -2.47. The van der Waals surface area contributed by atoms with Gasteiger partial charge in [-0.3, -0.25) is 9.69 Å². The Morgan fingerprint density at radius 1 is 1.32 bits per heavy atom. The molecule has 2 aliphatic rings. The number of halogens is 1. The number of rotatable bonds is 4. The lowest BCUT2D eigenvalue weighted by Gasteiger charge is -2.33. The third kappa shape index (κ3) is 3.74. The molecule has 1 aliphatic carbocycles. The van der Waals surface area contributed by atoms with Gasteiger partial charge < -0.3 is 5.32 Å². The van der Waals surface area contributed by atoms with Gasteiger partial charge in [0.25, 0.3) is 0 Å². The maximum Gasteiger partial charge on any atom is 0.247 e. The van der Waals surface area contributed by atoms with Gasteiger partial charge in [0, 0.05) is 30.3 Å². The summed E-state index contributed by atoms with van der Waals surface area (Å²) in [5.74, 6) is -0.0555. The van der Waals surface area contributed by atoms with Crippen LogP contribution in [0.2, 0.25) is 0 Å². The molecule has 1 amide bonds. The second-order valence-corrected chi connectivity index (χ2v) is 6.26. The average molecular weight is 302 g/mol. The molecule has 1 aromatic carbocycles. The normalized spacial score (nSPS) is 22.4. The molecule has 1 aromatic rings. The third-order valence-electron chi connectivity index (χ3n) is 4.53. The molecule has 1 aliphatic heterocycles. The van der Waals surface area contributed by atoms with E-state index in [1.165, 1.54) is 6.07 Å². The maximum absolute atomic E-state index is 13.8. The van der Waals surface area contributed by atoms with E-state index in [1.807, 2.05) is 12.1 Å². The number of piperidine rings is 1. The van der Waals surface area contributed by atoms with E-state index in [9.17, 15) is 9.18 Å². The highest BCUT2D eigenvalue weighted by atomic mass is 19.1. The summed E-state index contributed by atoms with van der Waals surface area (Å²) in [4.78, 5) is 14.4. The molecule has 1 N–H and O–H groups in total. The lowest BCUT2D eigenvalue weighted by molar-refractivity contribution is -0.118. The van der Waals surface area contributed by atoms with E-state index in [2.05, 4.69) is 16.3 Å². The van der Waals surface area contributed by atoms with Gasteiger partial charge in [-0.1, -0.05) is 24.3 Å². The molecule has 1 atom stereocenters. The number of nitrogens with zero attached hydrogens (tertiary/aromatic N) is 1. The molecule has 0 saturated carbocycles. The molecule has 4 heteroatoms. The molecule has 1 saturated heterocycles. The second-order valence-electron chi connectivity index (χ2n) is 6.26. The fourth-order valence-corrected chi connectivity index (χ4v) is 3.34. The van der Waals surface area contributed by atoms with Gasteiger partial charge in [-0.2, -0.15) is 0 Å². The van der Waals surface area contributed by atoms with Crippen LogP contribution in [0.1, 0.15) is 37.7 Å². The number of nitrogens with one attached hydrogen (secondary N) is 1. The second kappa shape index (κ2) is 7.05. The minimum atomic E-state index is -0.148. The van der Waals surface area contributed by atoms with E-state index in [0.29, 0.717) is 6.54 Å². The fraction of sp³-hybridized carbons (Fsp3) is 0.500. The molecule has 22 heavy (non-hydrogen) atoms. The fourth-order valence-electron chi connectivity index (χ4n) is 3.34. The number of amides is 1. The van der Waals surface area contributed by atoms with Gasteiger partial charge in [0.15, 0.2) is 0 Å². The summed E-state index contributed by atoms with van der Waals surface area (Å²) in [6, 6.07) is 7.10. The summed E-state index contributed by atoms with van der Waals surface area (Å²) in [6.45, 7) is 2.37. The van der Waals surface area contributed by atoms with Crippen LogP contribution in [0.5, 0.6) is 0 Å². The molecule has 1 heterocycles. The van der Waals surface area contributed by atoms with E-state index in [4.69, 9.17) is 0 Å². The van der Waals surface area contributed by atoms with E-state index in [0.717, 1.165) is 56.3 Å². The first-order valence-corrected chi connectivity index (χ1v) is 8.18. The first-order valence-electron chi connectivity index (χ1n) is 8.18. The van der Waals surface area contributed by atoms with Crippen molar-refractivity contribution in [2.24, 2.45) is 0 Å². The lowest BCUT2D eigenvalue weighted by atomic mass is 10.0. The van der Waals surface area contributed by atoms with E-state index in [1.54, 1.807) is 6.07 Å². The number of benzene rings is 1. The first-order chi connectivity index (χ1) is 10.7. The average Bonchev–Trinajstić information content (AvgIpc) is 3.04. The molecule has 0 radical (unpaired) electrons. The predicted octanol–water partition coefficient (Wildman–Crippen LogP) is 3.02. The molecule has 0 spiro atoms. The van der Waals surface area contributed by atoms with Crippen molar-refractivity contribution >= 4 is 5.91 Å². The topological polar surface area (TPSA) is 32.3 Å². The zero-order chi connectivity index (χ0) is 15.4. The Labute approximate surface area is 131 Å². The van der Waals surface area contributed by atoms with Crippen molar-refractivity contribution in [1.29, 1.82) is 0 Å². The van der Waals surface area contributed by atoms with Crippen LogP contribution in [-0.2, 0) is 11.3 Å².